The van der Waals surface area contributed by atoms with Gasteiger partial charge in [0.05, 0.1) is 9.82 Å². The summed E-state index contributed by atoms with van der Waals surface area (Å²) in [7, 11) is -3.93. The highest BCUT2D eigenvalue weighted by atomic mass is 32.2. The van der Waals surface area contributed by atoms with Crippen molar-refractivity contribution in [3.63, 3.8) is 0 Å². The molecule has 0 saturated carbocycles. The average molecular weight is 376 g/mol. The van der Waals surface area contributed by atoms with Crippen molar-refractivity contribution < 1.29 is 18.1 Å². The predicted octanol–water partition coefficient (Wildman–Crippen LogP) is 2.68. The number of nitro groups is 1. The lowest BCUT2D eigenvalue weighted by Crippen LogP contribution is -2.39. The van der Waals surface area contributed by atoms with Gasteiger partial charge in [0, 0.05) is 18.7 Å². The molecule has 1 N–H and O–H groups in total. The summed E-state index contributed by atoms with van der Waals surface area (Å²) in [6.45, 7) is 3.55. The highest BCUT2D eigenvalue weighted by Gasteiger charge is 2.30. The van der Waals surface area contributed by atoms with Gasteiger partial charge in [-0.2, -0.15) is 0 Å². The third kappa shape index (κ3) is 4.45. The maximum Gasteiger partial charge on any atom is 0.269 e. The van der Waals surface area contributed by atoms with Gasteiger partial charge in [0.25, 0.3) is 5.69 Å². The molecule has 2 rings (SSSR count). The zero-order valence-corrected chi connectivity index (χ0v) is 15.3. The molecule has 2 atom stereocenters. The second-order valence-electron chi connectivity index (χ2n) is 6.00. The van der Waals surface area contributed by atoms with Gasteiger partial charge in [-0.3, -0.25) is 14.9 Å². The lowest BCUT2D eigenvalue weighted by Gasteiger charge is -2.16. The van der Waals surface area contributed by atoms with Crippen LogP contribution in [0.5, 0.6) is 0 Å². The number of nitrogens with zero attached hydrogens (tertiary/aromatic N) is 1. The number of hydrogen-bond donors (Lipinski definition) is 1. The number of benzene rings is 2. The first-order valence-electron chi connectivity index (χ1n) is 8.04. The molecule has 0 spiro atoms. The second kappa shape index (κ2) is 8.09. The van der Waals surface area contributed by atoms with Crippen molar-refractivity contribution in [2.24, 2.45) is 0 Å². The van der Waals surface area contributed by atoms with Crippen LogP contribution in [-0.4, -0.2) is 31.0 Å². The number of nitro benzene ring substituents is 1. The summed E-state index contributed by atoms with van der Waals surface area (Å²) in [6.07, 6.45) is 0. The van der Waals surface area contributed by atoms with Gasteiger partial charge in [0.1, 0.15) is 5.25 Å². The first-order valence-corrected chi connectivity index (χ1v) is 9.59. The summed E-state index contributed by atoms with van der Waals surface area (Å²) in [4.78, 5) is 22.2. The number of sulfone groups is 1. The maximum atomic E-state index is 12.5. The third-order valence-electron chi connectivity index (χ3n) is 4.16. The minimum atomic E-state index is -3.93. The minimum Gasteiger partial charge on any atom is -0.354 e. The van der Waals surface area contributed by atoms with Crippen molar-refractivity contribution in [1.82, 2.24) is 5.32 Å². The largest absolute Gasteiger partial charge is 0.354 e. The molecular formula is C18H20N2O5S. The van der Waals surface area contributed by atoms with E-state index < -0.39 is 25.9 Å². The lowest BCUT2D eigenvalue weighted by molar-refractivity contribution is -0.384. The molecule has 0 aliphatic rings. The molecule has 1 amide bonds. The number of carbonyl (C=O) groups excluding carboxylic acids is 1. The van der Waals surface area contributed by atoms with E-state index in [0.29, 0.717) is 6.54 Å². The number of amides is 1. The van der Waals surface area contributed by atoms with E-state index >= 15 is 0 Å². The Morgan fingerprint density at radius 1 is 1.08 bits per heavy atom. The Hall–Kier alpha value is -2.74. The first-order chi connectivity index (χ1) is 12.2. The van der Waals surface area contributed by atoms with Crippen LogP contribution in [0.3, 0.4) is 0 Å². The fraction of sp³-hybridized carbons (Fsp3) is 0.278. The second-order valence-corrected chi connectivity index (χ2v) is 8.26. The minimum absolute atomic E-state index is 0.0365. The summed E-state index contributed by atoms with van der Waals surface area (Å²) in [6, 6.07) is 14.1. The number of non-ortho nitro benzene ring substituents is 1. The Morgan fingerprint density at radius 2 is 1.65 bits per heavy atom. The smallest absolute Gasteiger partial charge is 0.269 e. The van der Waals surface area contributed by atoms with Gasteiger partial charge in [-0.25, -0.2) is 8.42 Å². The van der Waals surface area contributed by atoms with Crippen molar-refractivity contribution in [1.29, 1.82) is 0 Å². The Labute approximate surface area is 152 Å². The van der Waals surface area contributed by atoms with Crippen LogP contribution in [0.15, 0.2) is 59.5 Å². The average Bonchev–Trinajstić information content (AvgIpc) is 2.65. The molecule has 0 saturated heterocycles. The number of carbonyl (C=O) groups is 1. The third-order valence-corrected chi connectivity index (χ3v) is 6.24. The lowest BCUT2D eigenvalue weighted by atomic mass is 10.0. The normalized spacial score (nSPS) is 13.6. The Bertz CT molecular complexity index is 880. The van der Waals surface area contributed by atoms with E-state index in [1.165, 1.54) is 6.92 Å². The topological polar surface area (TPSA) is 106 Å². The van der Waals surface area contributed by atoms with E-state index in [1.807, 2.05) is 37.3 Å². The molecule has 0 unspecified atom stereocenters. The van der Waals surface area contributed by atoms with Crippen molar-refractivity contribution in [2.45, 2.75) is 29.9 Å². The molecule has 0 aliphatic heterocycles. The van der Waals surface area contributed by atoms with Crippen LogP contribution in [0, 0.1) is 10.1 Å². The van der Waals surface area contributed by atoms with Crippen molar-refractivity contribution in [3.8, 4) is 0 Å². The Kier molecular flexibility index (Phi) is 6.10. The molecule has 138 valence electrons. The van der Waals surface area contributed by atoms with E-state index in [9.17, 15) is 23.3 Å². The SMILES string of the molecule is C[C@H](CNC(=O)[C@@H](C)S(=O)(=O)c1ccc([N+](=O)[O-])cc1)c1ccccc1. The highest BCUT2D eigenvalue weighted by Crippen LogP contribution is 2.20. The monoisotopic (exact) mass is 376 g/mol. The first kappa shape index (κ1) is 19.6. The van der Waals surface area contributed by atoms with Crippen molar-refractivity contribution in [3.05, 3.63) is 70.3 Å². The fourth-order valence-electron chi connectivity index (χ4n) is 2.40. The standard InChI is InChI=1S/C18H20N2O5S/c1-13(15-6-4-3-5-7-15)12-19-18(21)14(2)26(24,25)17-10-8-16(9-11-17)20(22)23/h3-11,13-14H,12H2,1-2H3,(H,19,21)/t13-,14-/m1/s1. The van der Waals surface area contributed by atoms with Gasteiger partial charge in [-0.1, -0.05) is 37.3 Å². The maximum absolute atomic E-state index is 12.5. The summed E-state index contributed by atoms with van der Waals surface area (Å²) < 4.78 is 25.1. The summed E-state index contributed by atoms with van der Waals surface area (Å²) in [5, 5.41) is 12.0. The summed E-state index contributed by atoms with van der Waals surface area (Å²) in [5.41, 5.74) is 0.830. The van der Waals surface area contributed by atoms with Gasteiger partial charge < -0.3 is 5.32 Å². The van der Waals surface area contributed by atoms with E-state index in [0.717, 1.165) is 29.8 Å². The molecule has 0 fully saturated rings. The molecule has 0 heterocycles. The zero-order chi connectivity index (χ0) is 19.3. The Balaban J connectivity index is 2.05. The van der Waals surface area contributed by atoms with E-state index in [4.69, 9.17) is 0 Å². The molecule has 0 aromatic heterocycles. The molecule has 7 nitrogen and oxygen atoms in total. The van der Waals surface area contributed by atoms with Gasteiger partial charge in [-0.05, 0) is 30.5 Å². The predicted molar refractivity (Wildman–Crippen MR) is 97.6 cm³/mol. The van der Waals surface area contributed by atoms with Crippen LogP contribution in [0.4, 0.5) is 5.69 Å². The van der Waals surface area contributed by atoms with Crippen LogP contribution >= 0.6 is 0 Å². The molecule has 2 aromatic carbocycles. The molecule has 8 heteroatoms. The van der Waals surface area contributed by atoms with E-state index in [1.54, 1.807) is 0 Å². The van der Waals surface area contributed by atoms with Crippen LogP contribution in [-0.2, 0) is 14.6 Å². The molecule has 26 heavy (non-hydrogen) atoms. The highest BCUT2D eigenvalue weighted by molar-refractivity contribution is 7.92. The number of hydrogen-bond acceptors (Lipinski definition) is 5. The molecule has 0 aliphatic carbocycles. The fourth-order valence-corrected chi connectivity index (χ4v) is 3.69. The van der Waals surface area contributed by atoms with Crippen LogP contribution in [0.1, 0.15) is 25.3 Å². The van der Waals surface area contributed by atoms with Gasteiger partial charge >= 0.3 is 0 Å². The van der Waals surface area contributed by atoms with E-state index in [2.05, 4.69) is 5.32 Å². The van der Waals surface area contributed by atoms with E-state index in [-0.39, 0.29) is 16.5 Å². The number of nitrogens with one attached hydrogen (secondary N) is 1. The van der Waals surface area contributed by atoms with Gasteiger partial charge in [-0.15, -0.1) is 0 Å². The van der Waals surface area contributed by atoms with Gasteiger partial charge in [0.2, 0.25) is 5.91 Å². The quantitative estimate of drug-likeness (QED) is 0.591. The van der Waals surface area contributed by atoms with Crippen molar-refractivity contribution in [2.75, 3.05) is 6.54 Å². The van der Waals surface area contributed by atoms with Gasteiger partial charge in [0.15, 0.2) is 9.84 Å². The summed E-state index contributed by atoms with van der Waals surface area (Å²) in [5.74, 6) is -0.569. The van der Waals surface area contributed by atoms with Crippen LogP contribution < -0.4 is 5.32 Å². The summed E-state index contributed by atoms with van der Waals surface area (Å²) >= 11 is 0. The molecule has 2 aromatic rings. The van der Waals surface area contributed by atoms with Crippen LogP contribution in [0.2, 0.25) is 0 Å². The molecular weight excluding hydrogens is 356 g/mol. The van der Waals surface area contributed by atoms with Crippen molar-refractivity contribution >= 4 is 21.4 Å². The molecule has 0 radical (unpaired) electrons. The number of rotatable bonds is 7. The zero-order valence-electron chi connectivity index (χ0n) is 14.5. The van der Waals surface area contributed by atoms with Crippen LogP contribution in [0.25, 0.3) is 0 Å². The molecule has 0 bridgehead atoms. The Morgan fingerprint density at radius 3 is 2.19 bits per heavy atom.